The standard InChI is InChI=1S/C10H13NO/c1-8-2-5-10(12-8)7-11-6-9-3-4-9/h2,5-6,9H,3-4,7H2,1H3. The SMILES string of the molecule is Cc1ccc(CN=CC2CC2)o1. The minimum absolute atomic E-state index is 0.699. The summed E-state index contributed by atoms with van der Waals surface area (Å²) in [5.74, 6) is 2.69. The minimum Gasteiger partial charge on any atom is -0.464 e. The molecule has 1 aromatic rings. The Hall–Kier alpha value is -1.05. The van der Waals surface area contributed by atoms with E-state index in [1.807, 2.05) is 19.1 Å². The van der Waals surface area contributed by atoms with E-state index in [0.717, 1.165) is 17.4 Å². The Balaban J connectivity index is 1.86. The summed E-state index contributed by atoms with van der Waals surface area (Å²) in [6.07, 6.45) is 4.69. The van der Waals surface area contributed by atoms with Crippen LogP contribution in [-0.4, -0.2) is 6.21 Å². The highest BCUT2D eigenvalue weighted by atomic mass is 16.3. The quantitative estimate of drug-likeness (QED) is 0.629. The first kappa shape index (κ1) is 7.59. The average molecular weight is 163 g/mol. The van der Waals surface area contributed by atoms with E-state index in [1.165, 1.54) is 12.8 Å². The van der Waals surface area contributed by atoms with Crippen LogP contribution in [0.25, 0.3) is 0 Å². The molecule has 0 unspecified atom stereocenters. The topological polar surface area (TPSA) is 25.5 Å². The van der Waals surface area contributed by atoms with Gasteiger partial charge in [-0.2, -0.15) is 0 Å². The first-order chi connectivity index (χ1) is 5.84. The van der Waals surface area contributed by atoms with Crippen LogP contribution in [0.2, 0.25) is 0 Å². The molecule has 1 aromatic heterocycles. The van der Waals surface area contributed by atoms with Gasteiger partial charge in [-0.1, -0.05) is 0 Å². The fraction of sp³-hybridized carbons (Fsp3) is 0.500. The highest BCUT2D eigenvalue weighted by Crippen LogP contribution is 2.26. The van der Waals surface area contributed by atoms with Crippen LogP contribution in [-0.2, 0) is 6.54 Å². The summed E-state index contributed by atoms with van der Waals surface area (Å²) in [6, 6.07) is 3.96. The van der Waals surface area contributed by atoms with Gasteiger partial charge < -0.3 is 4.42 Å². The summed E-state index contributed by atoms with van der Waals surface area (Å²) in [7, 11) is 0. The van der Waals surface area contributed by atoms with Gasteiger partial charge in [0.1, 0.15) is 11.5 Å². The van der Waals surface area contributed by atoms with Gasteiger partial charge in [-0.3, -0.25) is 4.99 Å². The van der Waals surface area contributed by atoms with E-state index in [2.05, 4.69) is 11.2 Å². The molecule has 0 saturated heterocycles. The molecular weight excluding hydrogens is 150 g/mol. The molecule has 12 heavy (non-hydrogen) atoms. The lowest BCUT2D eigenvalue weighted by molar-refractivity contribution is 0.486. The molecule has 0 atom stereocenters. The zero-order valence-corrected chi connectivity index (χ0v) is 7.29. The predicted octanol–water partition coefficient (Wildman–Crippen LogP) is 2.57. The molecule has 1 aliphatic carbocycles. The molecule has 0 spiro atoms. The normalized spacial score (nSPS) is 17.4. The lowest BCUT2D eigenvalue weighted by Gasteiger charge is -1.88. The van der Waals surface area contributed by atoms with E-state index in [1.54, 1.807) is 0 Å². The highest BCUT2D eigenvalue weighted by molar-refractivity contribution is 5.63. The molecule has 0 bridgehead atoms. The van der Waals surface area contributed by atoms with E-state index in [9.17, 15) is 0 Å². The maximum absolute atomic E-state index is 5.37. The van der Waals surface area contributed by atoms with Crippen molar-refractivity contribution in [2.24, 2.45) is 10.9 Å². The molecule has 0 aromatic carbocycles. The molecule has 0 aliphatic heterocycles. The van der Waals surface area contributed by atoms with Gasteiger partial charge >= 0.3 is 0 Å². The van der Waals surface area contributed by atoms with Crippen LogP contribution in [0.5, 0.6) is 0 Å². The Morgan fingerprint density at radius 1 is 1.58 bits per heavy atom. The average Bonchev–Trinajstić information content (AvgIpc) is 2.76. The van der Waals surface area contributed by atoms with Crippen molar-refractivity contribution < 1.29 is 4.42 Å². The van der Waals surface area contributed by atoms with Crippen molar-refractivity contribution in [1.29, 1.82) is 0 Å². The fourth-order valence-corrected chi connectivity index (χ4v) is 1.11. The van der Waals surface area contributed by atoms with Crippen LogP contribution in [0.15, 0.2) is 21.5 Å². The monoisotopic (exact) mass is 163 g/mol. The second kappa shape index (κ2) is 3.13. The number of hydrogen-bond acceptors (Lipinski definition) is 2. The van der Waals surface area contributed by atoms with Gasteiger partial charge in [0, 0.05) is 6.21 Å². The van der Waals surface area contributed by atoms with E-state index in [-0.39, 0.29) is 0 Å². The Morgan fingerprint density at radius 3 is 3.00 bits per heavy atom. The maximum Gasteiger partial charge on any atom is 0.125 e. The molecule has 1 saturated carbocycles. The molecule has 2 nitrogen and oxygen atoms in total. The number of aryl methyl sites for hydroxylation is 1. The van der Waals surface area contributed by atoms with Crippen molar-refractivity contribution in [2.75, 3.05) is 0 Å². The van der Waals surface area contributed by atoms with Crippen molar-refractivity contribution in [3.05, 3.63) is 23.7 Å². The smallest absolute Gasteiger partial charge is 0.125 e. The predicted molar refractivity (Wildman–Crippen MR) is 48.4 cm³/mol. The van der Waals surface area contributed by atoms with Crippen LogP contribution < -0.4 is 0 Å². The molecule has 2 rings (SSSR count). The van der Waals surface area contributed by atoms with Gasteiger partial charge in [-0.05, 0) is 37.8 Å². The van der Waals surface area contributed by atoms with Crippen LogP contribution in [0.1, 0.15) is 24.4 Å². The van der Waals surface area contributed by atoms with Gasteiger partial charge in [-0.15, -0.1) is 0 Å². The van der Waals surface area contributed by atoms with E-state index in [4.69, 9.17) is 4.42 Å². The molecule has 0 radical (unpaired) electrons. The van der Waals surface area contributed by atoms with Gasteiger partial charge in [0.15, 0.2) is 0 Å². The summed E-state index contributed by atoms with van der Waals surface area (Å²) < 4.78 is 5.37. The van der Waals surface area contributed by atoms with E-state index in [0.29, 0.717) is 6.54 Å². The van der Waals surface area contributed by atoms with Crippen molar-refractivity contribution in [2.45, 2.75) is 26.3 Å². The third-order valence-electron chi connectivity index (χ3n) is 1.98. The van der Waals surface area contributed by atoms with Crippen molar-refractivity contribution in [3.63, 3.8) is 0 Å². The van der Waals surface area contributed by atoms with Crippen LogP contribution in [0, 0.1) is 12.8 Å². The molecular formula is C10H13NO. The number of hydrogen-bond donors (Lipinski definition) is 0. The van der Waals surface area contributed by atoms with Crippen molar-refractivity contribution >= 4 is 6.21 Å². The zero-order valence-electron chi connectivity index (χ0n) is 7.29. The Bertz CT molecular complexity index is 284. The Kier molecular flexibility index (Phi) is 1.98. The summed E-state index contributed by atoms with van der Waals surface area (Å²) >= 11 is 0. The summed E-state index contributed by atoms with van der Waals surface area (Å²) in [6.45, 7) is 2.65. The molecule has 64 valence electrons. The Labute approximate surface area is 72.3 Å². The third-order valence-corrected chi connectivity index (χ3v) is 1.98. The number of rotatable bonds is 3. The van der Waals surface area contributed by atoms with Gasteiger partial charge in [0.25, 0.3) is 0 Å². The zero-order chi connectivity index (χ0) is 8.39. The highest BCUT2D eigenvalue weighted by Gasteiger charge is 2.17. The molecule has 1 fully saturated rings. The lowest BCUT2D eigenvalue weighted by atomic mass is 10.4. The summed E-state index contributed by atoms with van der Waals surface area (Å²) in [5, 5.41) is 0. The number of aliphatic imine (C=N–C) groups is 1. The third kappa shape index (κ3) is 1.97. The fourth-order valence-electron chi connectivity index (χ4n) is 1.11. The van der Waals surface area contributed by atoms with Crippen molar-refractivity contribution in [3.8, 4) is 0 Å². The number of furan rings is 1. The second-order valence-corrected chi connectivity index (χ2v) is 3.34. The van der Waals surface area contributed by atoms with Gasteiger partial charge in [-0.25, -0.2) is 0 Å². The second-order valence-electron chi connectivity index (χ2n) is 3.34. The summed E-state index contributed by atoms with van der Waals surface area (Å²) in [5.41, 5.74) is 0. The first-order valence-electron chi connectivity index (χ1n) is 4.40. The molecule has 0 amide bonds. The van der Waals surface area contributed by atoms with Gasteiger partial charge in [0.05, 0.1) is 6.54 Å². The molecule has 1 aliphatic rings. The first-order valence-corrected chi connectivity index (χ1v) is 4.40. The minimum atomic E-state index is 0.699. The van der Waals surface area contributed by atoms with E-state index >= 15 is 0 Å². The summed E-state index contributed by atoms with van der Waals surface area (Å²) in [4.78, 5) is 4.30. The lowest BCUT2D eigenvalue weighted by Crippen LogP contribution is -1.79. The Morgan fingerprint density at radius 2 is 2.42 bits per heavy atom. The molecule has 1 heterocycles. The van der Waals surface area contributed by atoms with Crippen LogP contribution in [0.4, 0.5) is 0 Å². The van der Waals surface area contributed by atoms with Crippen LogP contribution in [0.3, 0.4) is 0 Å². The van der Waals surface area contributed by atoms with Crippen LogP contribution >= 0.6 is 0 Å². The largest absolute Gasteiger partial charge is 0.464 e. The van der Waals surface area contributed by atoms with E-state index < -0.39 is 0 Å². The molecule has 2 heteroatoms. The van der Waals surface area contributed by atoms with Gasteiger partial charge in [0.2, 0.25) is 0 Å². The molecule has 0 N–H and O–H groups in total. The maximum atomic E-state index is 5.37. The number of nitrogens with zero attached hydrogens (tertiary/aromatic N) is 1. The van der Waals surface area contributed by atoms with Crippen molar-refractivity contribution in [1.82, 2.24) is 0 Å².